The van der Waals surface area contributed by atoms with E-state index in [0.717, 1.165) is 8.58 Å². The van der Waals surface area contributed by atoms with Crippen molar-refractivity contribution in [1.82, 2.24) is 0 Å². The summed E-state index contributed by atoms with van der Waals surface area (Å²) in [5, 5.41) is 9.52. The molecule has 3 atom stereocenters. The molecular formula is C8H18IO2PS. The molecule has 0 aliphatic heterocycles. The molecule has 0 aromatic rings. The van der Waals surface area contributed by atoms with Crippen molar-refractivity contribution in [3.05, 3.63) is 0 Å². The van der Waals surface area contributed by atoms with E-state index in [2.05, 4.69) is 33.4 Å². The maximum atomic E-state index is 9.52. The van der Waals surface area contributed by atoms with Crippen molar-refractivity contribution in [2.45, 2.75) is 43.4 Å². The van der Waals surface area contributed by atoms with Crippen LogP contribution < -0.4 is 0 Å². The Morgan fingerprint density at radius 3 is 2.54 bits per heavy atom. The maximum absolute atomic E-state index is 9.52. The monoisotopic (exact) mass is 336 g/mol. The van der Waals surface area contributed by atoms with Crippen molar-refractivity contribution < 1.29 is 8.17 Å². The Kier molecular flexibility index (Phi) is 7.58. The van der Waals surface area contributed by atoms with Crippen molar-refractivity contribution in [3.63, 3.8) is 0 Å². The van der Waals surface area contributed by atoms with Crippen molar-refractivity contribution in [2.75, 3.05) is 6.61 Å². The van der Waals surface area contributed by atoms with E-state index in [1.807, 2.05) is 0 Å². The lowest BCUT2D eigenvalue weighted by atomic mass is 10.2. The second-order valence-electron chi connectivity index (χ2n) is 3.71. The fourth-order valence-corrected chi connectivity index (χ4v) is 4.27. The summed E-state index contributed by atoms with van der Waals surface area (Å²) < 4.78 is 4.78. The van der Waals surface area contributed by atoms with E-state index in [0.29, 0.717) is 18.7 Å². The molecular weight excluding hydrogens is 318 g/mol. The van der Waals surface area contributed by atoms with E-state index in [4.69, 9.17) is 3.07 Å². The van der Waals surface area contributed by atoms with E-state index in [1.54, 1.807) is 23.0 Å². The van der Waals surface area contributed by atoms with E-state index >= 15 is 0 Å². The minimum atomic E-state index is -0.398. The van der Waals surface area contributed by atoms with Crippen LogP contribution in [0.1, 0.15) is 27.2 Å². The van der Waals surface area contributed by atoms with E-state index in [-0.39, 0.29) is 4.49 Å². The first-order chi connectivity index (χ1) is 5.87. The standard InChI is InChI=1S/C8H18IO2PS/c1-6(2)12-8(3,13)4-7(10)5-11-9/h6-7,10,12-13H,4-5H2,1-3H3. The number of rotatable bonds is 6. The maximum Gasteiger partial charge on any atom is 0.109 e. The van der Waals surface area contributed by atoms with Gasteiger partial charge in [0.15, 0.2) is 0 Å². The summed E-state index contributed by atoms with van der Waals surface area (Å²) in [7, 11) is 0.759. The lowest BCUT2D eigenvalue weighted by Crippen LogP contribution is -2.24. The minimum absolute atomic E-state index is 0.0667. The fraction of sp³-hybridized carbons (Fsp3) is 1.00. The molecule has 0 aromatic carbocycles. The number of aliphatic hydroxyl groups is 1. The Morgan fingerprint density at radius 1 is 1.62 bits per heavy atom. The smallest absolute Gasteiger partial charge is 0.109 e. The summed E-state index contributed by atoms with van der Waals surface area (Å²) in [6.07, 6.45) is 0.293. The van der Waals surface area contributed by atoms with Crippen LogP contribution in [0, 0.1) is 0 Å². The highest BCUT2D eigenvalue weighted by Crippen LogP contribution is 2.42. The Hall–Kier alpha value is 1.43. The molecule has 0 bridgehead atoms. The molecule has 0 aliphatic carbocycles. The largest absolute Gasteiger partial charge is 0.391 e. The molecule has 80 valence electrons. The fourth-order valence-electron chi connectivity index (χ4n) is 1.27. The first-order valence-electron chi connectivity index (χ1n) is 4.29. The molecule has 0 rings (SSSR count). The number of halogens is 1. The number of aliphatic hydroxyl groups excluding tert-OH is 1. The normalized spacial score (nSPS) is 19.6. The number of thiol groups is 1. The quantitative estimate of drug-likeness (QED) is 0.444. The third-order valence-corrected chi connectivity index (χ3v) is 3.82. The van der Waals surface area contributed by atoms with E-state index in [9.17, 15) is 5.11 Å². The van der Waals surface area contributed by atoms with Gasteiger partial charge in [-0.2, -0.15) is 12.6 Å². The Bertz CT molecular complexity index is 144. The lowest BCUT2D eigenvalue weighted by Gasteiger charge is -2.27. The third kappa shape index (κ3) is 8.43. The topological polar surface area (TPSA) is 29.5 Å². The zero-order chi connectivity index (χ0) is 10.5. The first kappa shape index (κ1) is 14.4. The van der Waals surface area contributed by atoms with E-state index < -0.39 is 6.10 Å². The third-order valence-electron chi connectivity index (χ3n) is 1.49. The predicted molar refractivity (Wildman–Crippen MR) is 71.4 cm³/mol. The summed E-state index contributed by atoms with van der Waals surface area (Å²) in [5.41, 5.74) is 0.634. The SMILES string of the molecule is CC(C)PC(C)(S)CC(O)COI. The molecule has 0 heterocycles. The lowest BCUT2D eigenvalue weighted by molar-refractivity contribution is 0.119. The zero-order valence-electron chi connectivity index (χ0n) is 8.25. The highest BCUT2D eigenvalue weighted by atomic mass is 127. The van der Waals surface area contributed by atoms with Gasteiger partial charge in [0.2, 0.25) is 0 Å². The molecule has 0 amide bonds. The molecule has 0 fully saturated rings. The van der Waals surface area contributed by atoms with Gasteiger partial charge in [0.05, 0.1) is 12.7 Å². The van der Waals surface area contributed by atoms with Gasteiger partial charge < -0.3 is 8.17 Å². The van der Waals surface area contributed by atoms with Gasteiger partial charge in [0, 0.05) is 4.49 Å². The van der Waals surface area contributed by atoms with Gasteiger partial charge in [-0.1, -0.05) is 13.8 Å². The van der Waals surface area contributed by atoms with Crippen molar-refractivity contribution in [3.8, 4) is 0 Å². The van der Waals surface area contributed by atoms with E-state index in [1.165, 1.54) is 0 Å². The summed E-state index contributed by atoms with van der Waals surface area (Å²) in [6.45, 7) is 6.81. The minimum Gasteiger partial charge on any atom is -0.391 e. The van der Waals surface area contributed by atoms with Gasteiger partial charge in [-0.15, -0.1) is 8.58 Å². The van der Waals surface area contributed by atoms with Crippen molar-refractivity contribution >= 4 is 44.2 Å². The van der Waals surface area contributed by atoms with Crippen LogP contribution >= 0.6 is 44.2 Å². The van der Waals surface area contributed by atoms with Gasteiger partial charge in [0.1, 0.15) is 23.0 Å². The molecule has 0 aliphatic rings. The molecule has 2 nitrogen and oxygen atoms in total. The summed E-state index contributed by atoms with van der Waals surface area (Å²) in [4.78, 5) is 0. The van der Waals surface area contributed by atoms with Crippen molar-refractivity contribution in [1.29, 1.82) is 0 Å². The Labute approximate surface area is 102 Å². The van der Waals surface area contributed by atoms with Crippen LogP contribution in [0.4, 0.5) is 0 Å². The van der Waals surface area contributed by atoms with Gasteiger partial charge >= 0.3 is 0 Å². The van der Waals surface area contributed by atoms with Gasteiger partial charge in [0.25, 0.3) is 0 Å². The number of hydrogen-bond acceptors (Lipinski definition) is 3. The highest BCUT2D eigenvalue weighted by Gasteiger charge is 2.24. The predicted octanol–water partition coefficient (Wildman–Crippen LogP) is 2.84. The van der Waals surface area contributed by atoms with Crippen molar-refractivity contribution in [2.24, 2.45) is 0 Å². The summed E-state index contributed by atoms with van der Waals surface area (Å²) in [5.74, 6) is 0. The van der Waals surface area contributed by atoms with Gasteiger partial charge in [-0.05, 0) is 19.0 Å². The molecule has 0 saturated carbocycles. The summed E-state index contributed by atoms with van der Waals surface area (Å²) >= 11 is 6.35. The van der Waals surface area contributed by atoms with Crippen LogP contribution in [-0.2, 0) is 3.07 Å². The molecule has 0 spiro atoms. The molecule has 0 saturated heterocycles. The molecule has 13 heavy (non-hydrogen) atoms. The Balaban J connectivity index is 3.85. The van der Waals surface area contributed by atoms with Gasteiger partial charge in [-0.3, -0.25) is 0 Å². The second kappa shape index (κ2) is 6.83. The first-order valence-corrected chi connectivity index (χ1v) is 6.69. The zero-order valence-corrected chi connectivity index (χ0v) is 12.3. The molecule has 0 aromatic heterocycles. The van der Waals surface area contributed by atoms with Crippen LogP contribution in [0.15, 0.2) is 0 Å². The average molecular weight is 336 g/mol. The number of hydrogen-bond donors (Lipinski definition) is 2. The van der Waals surface area contributed by atoms with Gasteiger partial charge in [-0.25, -0.2) is 0 Å². The Morgan fingerprint density at radius 2 is 2.15 bits per heavy atom. The summed E-state index contributed by atoms with van der Waals surface area (Å²) in [6, 6.07) is 0. The van der Waals surface area contributed by atoms with Crippen LogP contribution in [0.2, 0.25) is 0 Å². The van der Waals surface area contributed by atoms with Crippen LogP contribution in [0.5, 0.6) is 0 Å². The molecule has 0 radical (unpaired) electrons. The van der Waals surface area contributed by atoms with Crippen LogP contribution in [0.3, 0.4) is 0 Å². The van der Waals surface area contributed by atoms with Crippen LogP contribution in [-0.4, -0.2) is 28.0 Å². The molecule has 5 heteroatoms. The van der Waals surface area contributed by atoms with Crippen LogP contribution in [0.25, 0.3) is 0 Å². The second-order valence-corrected chi connectivity index (χ2v) is 8.28. The molecule has 3 unspecified atom stereocenters. The molecule has 1 N–H and O–H groups in total. The highest BCUT2D eigenvalue weighted by molar-refractivity contribution is 14.1. The average Bonchev–Trinajstić information content (AvgIpc) is 1.81.